The van der Waals surface area contributed by atoms with Crippen LogP contribution < -0.4 is 11.2 Å². The molecule has 136 valence electrons. The molecule has 0 aromatic carbocycles. The molecule has 4 rings (SSSR count). The zero-order valence-electron chi connectivity index (χ0n) is 13.7. The van der Waals surface area contributed by atoms with Crippen LogP contribution in [-0.4, -0.2) is 51.3 Å². The van der Waals surface area contributed by atoms with Crippen LogP contribution in [0.4, 0.5) is 0 Å². The van der Waals surface area contributed by atoms with Crippen molar-refractivity contribution in [2.45, 2.75) is 37.4 Å². The van der Waals surface area contributed by atoms with E-state index in [-0.39, 0.29) is 6.61 Å². The molecule has 1 saturated heterocycles. The Morgan fingerprint density at radius 1 is 1.32 bits per heavy atom. The first-order chi connectivity index (χ1) is 12.1. The summed E-state index contributed by atoms with van der Waals surface area (Å²) in [6.45, 7) is 0.0792. The van der Waals surface area contributed by atoms with Gasteiger partial charge in [-0.25, -0.2) is 4.79 Å². The number of hydrogen-bond acceptors (Lipinski definition) is 6. The van der Waals surface area contributed by atoms with Crippen molar-refractivity contribution in [2.24, 2.45) is 17.8 Å². The van der Waals surface area contributed by atoms with Crippen molar-refractivity contribution in [2.75, 3.05) is 13.2 Å². The van der Waals surface area contributed by atoms with Crippen molar-refractivity contribution < 1.29 is 19.7 Å². The van der Waals surface area contributed by atoms with Crippen molar-refractivity contribution in [3.8, 4) is 0 Å². The summed E-state index contributed by atoms with van der Waals surface area (Å²) in [5, 5.41) is 19.8. The van der Waals surface area contributed by atoms with Crippen LogP contribution in [0.2, 0.25) is 0 Å². The lowest BCUT2D eigenvalue weighted by molar-refractivity contribution is -0.0831. The fraction of sp³-hybridized carbons (Fsp3) is 0.647. The van der Waals surface area contributed by atoms with Crippen LogP contribution in [0.15, 0.2) is 34.0 Å². The summed E-state index contributed by atoms with van der Waals surface area (Å²) in [7, 11) is 0. The minimum atomic E-state index is -1.05. The van der Waals surface area contributed by atoms with E-state index in [0.29, 0.717) is 24.4 Å². The van der Waals surface area contributed by atoms with E-state index in [4.69, 9.17) is 9.47 Å². The third-order valence-corrected chi connectivity index (χ3v) is 5.54. The minimum absolute atomic E-state index is 0.382. The number of allylic oxidation sites excluding steroid dienone is 2. The number of nitrogens with zero attached hydrogens (tertiary/aromatic N) is 1. The number of fused-ring (bicyclic) bond motifs is 2. The normalized spacial score (nSPS) is 39.4. The number of ether oxygens (including phenoxy) is 2. The smallest absolute Gasteiger partial charge is 0.330 e. The molecule has 2 heterocycles. The quantitative estimate of drug-likeness (QED) is 0.610. The van der Waals surface area contributed by atoms with Crippen molar-refractivity contribution in [1.29, 1.82) is 0 Å². The topological polar surface area (TPSA) is 114 Å². The highest BCUT2D eigenvalue weighted by molar-refractivity contribution is 5.10. The molecule has 0 spiro atoms. The van der Waals surface area contributed by atoms with Crippen LogP contribution in [0, 0.1) is 17.8 Å². The van der Waals surface area contributed by atoms with Crippen LogP contribution >= 0.6 is 0 Å². The molecule has 1 aliphatic heterocycles. The van der Waals surface area contributed by atoms with Gasteiger partial charge in [0, 0.05) is 12.3 Å². The number of aromatic amines is 1. The third kappa shape index (κ3) is 2.99. The van der Waals surface area contributed by atoms with E-state index in [1.165, 1.54) is 16.8 Å². The molecule has 3 aliphatic rings. The maximum absolute atomic E-state index is 12.1. The van der Waals surface area contributed by atoms with Gasteiger partial charge in [-0.2, -0.15) is 0 Å². The predicted molar refractivity (Wildman–Crippen MR) is 86.9 cm³/mol. The molecule has 1 aromatic heterocycles. The lowest BCUT2D eigenvalue weighted by atomic mass is 9.94. The van der Waals surface area contributed by atoms with Crippen molar-refractivity contribution in [1.82, 2.24) is 9.55 Å². The molecule has 1 aromatic rings. The summed E-state index contributed by atoms with van der Waals surface area (Å²) in [5.41, 5.74) is -1.15. The molecule has 2 bridgehead atoms. The van der Waals surface area contributed by atoms with E-state index >= 15 is 0 Å². The highest BCUT2D eigenvalue weighted by Gasteiger charge is 2.46. The molecule has 25 heavy (non-hydrogen) atoms. The first-order valence-electron chi connectivity index (χ1n) is 8.62. The first-order valence-corrected chi connectivity index (χ1v) is 8.62. The SMILES string of the molecule is O=c1ccn([C@@H]2O[C@H](CO)[C@@H](O)[C@H]2OCC2CC3C=CC2C3)c(=O)[nH]1. The highest BCUT2D eigenvalue weighted by Crippen LogP contribution is 2.44. The van der Waals surface area contributed by atoms with Gasteiger partial charge >= 0.3 is 5.69 Å². The Bertz CT molecular complexity index is 771. The lowest BCUT2D eigenvalue weighted by Crippen LogP contribution is -2.40. The molecular formula is C17H22N2O6. The van der Waals surface area contributed by atoms with E-state index in [9.17, 15) is 19.8 Å². The van der Waals surface area contributed by atoms with Gasteiger partial charge in [-0.15, -0.1) is 0 Å². The number of rotatable bonds is 5. The summed E-state index contributed by atoms with van der Waals surface area (Å²) < 4.78 is 12.8. The Hall–Kier alpha value is -1.74. The maximum Gasteiger partial charge on any atom is 0.330 e. The van der Waals surface area contributed by atoms with Gasteiger partial charge in [-0.3, -0.25) is 14.3 Å². The van der Waals surface area contributed by atoms with Crippen molar-refractivity contribution in [3.05, 3.63) is 45.3 Å². The number of hydrogen-bond donors (Lipinski definition) is 3. The van der Waals surface area contributed by atoms with Gasteiger partial charge in [0.25, 0.3) is 5.56 Å². The van der Waals surface area contributed by atoms with Crippen molar-refractivity contribution >= 4 is 0 Å². The molecular weight excluding hydrogens is 328 g/mol. The fourth-order valence-electron chi connectivity index (χ4n) is 4.22. The largest absolute Gasteiger partial charge is 0.394 e. The second-order valence-corrected chi connectivity index (χ2v) is 7.09. The van der Waals surface area contributed by atoms with Crippen LogP contribution in [0.1, 0.15) is 19.1 Å². The second-order valence-electron chi connectivity index (χ2n) is 7.09. The van der Waals surface area contributed by atoms with E-state index < -0.39 is 35.8 Å². The second kappa shape index (κ2) is 6.53. The van der Waals surface area contributed by atoms with Gasteiger partial charge in [0.15, 0.2) is 6.23 Å². The van der Waals surface area contributed by atoms with Crippen LogP contribution in [0.5, 0.6) is 0 Å². The van der Waals surface area contributed by atoms with Gasteiger partial charge < -0.3 is 19.7 Å². The third-order valence-electron chi connectivity index (χ3n) is 5.54. The number of aliphatic hydroxyl groups is 2. The standard InChI is InChI=1S/C17H22N2O6/c20-7-12-14(22)15(24-8-11-6-9-1-2-10(11)5-9)16(25-12)19-4-3-13(21)18-17(19)23/h1-4,9-12,14-16,20,22H,5-8H2,(H,18,21,23)/t9?,10?,11?,12-,14-,15-,16-/m1/s1. The summed E-state index contributed by atoms with van der Waals surface area (Å²) in [4.78, 5) is 25.5. The van der Waals surface area contributed by atoms with Gasteiger partial charge in [-0.1, -0.05) is 12.2 Å². The number of aromatic nitrogens is 2. The molecule has 8 nitrogen and oxygen atoms in total. The maximum atomic E-state index is 12.1. The Balaban J connectivity index is 1.53. The van der Waals surface area contributed by atoms with Crippen molar-refractivity contribution in [3.63, 3.8) is 0 Å². The summed E-state index contributed by atoms with van der Waals surface area (Å²) in [6.07, 6.45) is 4.43. The number of aliphatic hydroxyl groups excluding tert-OH is 2. The average molecular weight is 350 g/mol. The monoisotopic (exact) mass is 350 g/mol. The van der Waals surface area contributed by atoms with Crippen LogP contribution in [0.3, 0.4) is 0 Å². The zero-order chi connectivity index (χ0) is 17.6. The molecule has 3 unspecified atom stereocenters. The Kier molecular flexibility index (Phi) is 4.36. The van der Waals surface area contributed by atoms with Crippen LogP contribution in [0.25, 0.3) is 0 Å². The molecule has 0 radical (unpaired) electrons. The van der Waals surface area contributed by atoms with E-state index in [0.717, 1.165) is 12.8 Å². The number of H-pyrrole nitrogens is 1. The summed E-state index contributed by atoms with van der Waals surface area (Å²) >= 11 is 0. The Morgan fingerprint density at radius 3 is 2.80 bits per heavy atom. The number of nitrogens with one attached hydrogen (secondary N) is 1. The summed E-state index contributed by atoms with van der Waals surface area (Å²) in [6, 6.07) is 1.21. The van der Waals surface area contributed by atoms with E-state index in [2.05, 4.69) is 17.1 Å². The lowest BCUT2D eigenvalue weighted by Gasteiger charge is -2.25. The van der Waals surface area contributed by atoms with Gasteiger partial charge in [0.1, 0.15) is 18.3 Å². The molecule has 7 atom stereocenters. The average Bonchev–Trinajstić information content (AvgIpc) is 3.28. The van der Waals surface area contributed by atoms with Crippen LogP contribution in [-0.2, 0) is 9.47 Å². The fourth-order valence-corrected chi connectivity index (χ4v) is 4.22. The molecule has 1 saturated carbocycles. The Morgan fingerprint density at radius 2 is 2.16 bits per heavy atom. The van der Waals surface area contributed by atoms with Gasteiger partial charge in [0.2, 0.25) is 0 Å². The van der Waals surface area contributed by atoms with Gasteiger partial charge in [0.05, 0.1) is 13.2 Å². The molecule has 0 amide bonds. The molecule has 2 aliphatic carbocycles. The zero-order valence-corrected chi connectivity index (χ0v) is 13.7. The minimum Gasteiger partial charge on any atom is -0.394 e. The van der Waals surface area contributed by atoms with E-state index in [1.54, 1.807) is 0 Å². The Labute approximate surface area is 143 Å². The molecule has 2 fully saturated rings. The molecule has 8 heteroatoms. The summed E-state index contributed by atoms with van der Waals surface area (Å²) in [5.74, 6) is 1.52. The highest BCUT2D eigenvalue weighted by atomic mass is 16.6. The predicted octanol–water partition coefficient (Wildman–Crippen LogP) is -0.615. The molecule has 3 N–H and O–H groups in total. The van der Waals surface area contributed by atoms with Gasteiger partial charge in [-0.05, 0) is 30.6 Å². The van der Waals surface area contributed by atoms with E-state index in [1.807, 2.05) is 0 Å². The first kappa shape index (κ1) is 16.7.